The second kappa shape index (κ2) is 9.17. The molecular weight excluding hydrogens is 372 g/mol. The van der Waals surface area contributed by atoms with Crippen LogP contribution in [0.3, 0.4) is 0 Å². The number of piperidine rings is 1. The molecule has 3 rings (SSSR count). The highest BCUT2D eigenvalue weighted by atomic mass is 16.2. The van der Waals surface area contributed by atoms with Gasteiger partial charge in [0, 0.05) is 25.7 Å². The molecule has 1 unspecified atom stereocenters. The average Bonchev–Trinajstić information content (AvgIpc) is 2.96. The third-order valence-electron chi connectivity index (χ3n) is 5.56. The molecule has 2 heterocycles. The van der Waals surface area contributed by atoms with Crippen molar-refractivity contribution >= 4 is 29.3 Å². The number of fused-ring (bicyclic) bond motifs is 1. The lowest BCUT2D eigenvalue weighted by molar-refractivity contribution is -0.149. The molecule has 0 bridgehead atoms. The Kier molecular flexibility index (Phi) is 6.64. The number of rotatable bonds is 9. The van der Waals surface area contributed by atoms with Gasteiger partial charge in [0.1, 0.15) is 6.04 Å². The van der Waals surface area contributed by atoms with E-state index in [1.54, 1.807) is 18.2 Å². The summed E-state index contributed by atoms with van der Waals surface area (Å²) in [4.78, 5) is 51.8. The zero-order valence-electron chi connectivity index (χ0n) is 16.8. The van der Waals surface area contributed by atoms with E-state index in [9.17, 15) is 19.2 Å². The molecule has 3 N–H and O–H groups in total. The summed E-state index contributed by atoms with van der Waals surface area (Å²) in [7, 11) is 1.38. The molecule has 2 aliphatic rings. The fourth-order valence-corrected chi connectivity index (χ4v) is 3.82. The van der Waals surface area contributed by atoms with Gasteiger partial charge in [-0.1, -0.05) is 19.3 Å². The standard InChI is InChI=1S/C21H28N4O4/c1-24-18(26)10-9-17(21(24)29)25-19(27)15-8-7-14(13-16(15)20(25)28)23-12-6-4-2-3-5-11-22/h7-8,13,17,23H,2-6,9-12,22H2,1H3. The number of nitrogens with zero attached hydrogens (tertiary/aromatic N) is 2. The van der Waals surface area contributed by atoms with E-state index in [-0.39, 0.29) is 18.7 Å². The van der Waals surface area contributed by atoms with Gasteiger partial charge in [-0.15, -0.1) is 0 Å². The Balaban J connectivity index is 1.63. The molecule has 8 heteroatoms. The van der Waals surface area contributed by atoms with E-state index in [4.69, 9.17) is 5.73 Å². The Bertz CT molecular complexity index is 823. The van der Waals surface area contributed by atoms with Gasteiger partial charge >= 0.3 is 0 Å². The molecule has 1 saturated heterocycles. The van der Waals surface area contributed by atoms with Gasteiger partial charge in [0.2, 0.25) is 5.91 Å². The number of nitrogens with one attached hydrogen (secondary N) is 1. The number of hydrogen-bond acceptors (Lipinski definition) is 6. The number of amides is 4. The summed E-state index contributed by atoms with van der Waals surface area (Å²) >= 11 is 0. The van der Waals surface area contributed by atoms with Crippen molar-refractivity contribution in [2.75, 3.05) is 25.5 Å². The number of anilines is 1. The van der Waals surface area contributed by atoms with Crippen LogP contribution in [0.5, 0.6) is 0 Å². The molecule has 0 spiro atoms. The molecule has 8 nitrogen and oxygen atoms in total. The van der Waals surface area contributed by atoms with Crippen LogP contribution in [0.2, 0.25) is 0 Å². The Labute approximate surface area is 170 Å². The van der Waals surface area contributed by atoms with Crippen molar-refractivity contribution in [2.24, 2.45) is 5.73 Å². The maximum Gasteiger partial charge on any atom is 0.262 e. The zero-order valence-corrected chi connectivity index (χ0v) is 16.8. The van der Waals surface area contributed by atoms with E-state index < -0.39 is 23.8 Å². The van der Waals surface area contributed by atoms with Crippen LogP contribution in [-0.4, -0.2) is 59.6 Å². The Morgan fingerprint density at radius 3 is 2.45 bits per heavy atom. The van der Waals surface area contributed by atoms with Crippen molar-refractivity contribution in [3.63, 3.8) is 0 Å². The van der Waals surface area contributed by atoms with Crippen LogP contribution in [0.4, 0.5) is 5.69 Å². The van der Waals surface area contributed by atoms with Gasteiger partial charge in [-0.3, -0.25) is 29.0 Å². The Morgan fingerprint density at radius 2 is 1.69 bits per heavy atom. The number of unbranched alkanes of at least 4 members (excludes halogenated alkanes) is 4. The van der Waals surface area contributed by atoms with Gasteiger partial charge in [-0.25, -0.2) is 0 Å². The molecule has 0 saturated carbocycles. The minimum Gasteiger partial charge on any atom is -0.385 e. The molecule has 4 amide bonds. The van der Waals surface area contributed by atoms with Crippen LogP contribution in [-0.2, 0) is 9.59 Å². The number of carbonyl (C=O) groups excluding carboxylic acids is 4. The van der Waals surface area contributed by atoms with Gasteiger partial charge in [0.15, 0.2) is 0 Å². The summed E-state index contributed by atoms with van der Waals surface area (Å²) in [6.45, 7) is 1.51. The molecule has 1 atom stereocenters. The van der Waals surface area contributed by atoms with Crippen LogP contribution < -0.4 is 11.1 Å². The van der Waals surface area contributed by atoms with E-state index in [1.165, 1.54) is 7.05 Å². The lowest BCUT2D eigenvalue weighted by Gasteiger charge is -2.32. The quantitative estimate of drug-likeness (QED) is 0.482. The van der Waals surface area contributed by atoms with Crippen molar-refractivity contribution < 1.29 is 19.2 Å². The number of likely N-dealkylation sites (N-methyl/N-ethyl adjacent to an activating group) is 1. The molecule has 156 valence electrons. The Hall–Kier alpha value is -2.74. The van der Waals surface area contributed by atoms with Crippen LogP contribution >= 0.6 is 0 Å². The van der Waals surface area contributed by atoms with Gasteiger partial charge in [0.25, 0.3) is 17.7 Å². The van der Waals surface area contributed by atoms with Gasteiger partial charge in [0.05, 0.1) is 11.1 Å². The number of nitrogens with two attached hydrogens (primary N) is 1. The molecule has 0 aromatic heterocycles. The fourth-order valence-electron chi connectivity index (χ4n) is 3.82. The topological polar surface area (TPSA) is 113 Å². The predicted octanol–water partition coefficient (Wildman–Crippen LogP) is 1.75. The second-order valence-electron chi connectivity index (χ2n) is 7.57. The number of carbonyl (C=O) groups is 4. The maximum atomic E-state index is 12.9. The first-order chi connectivity index (χ1) is 14.0. The highest BCUT2D eigenvalue weighted by Crippen LogP contribution is 2.30. The summed E-state index contributed by atoms with van der Waals surface area (Å²) in [5.41, 5.74) is 6.86. The van der Waals surface area contributed by atoms with E-state index in [0.717, 1.165) is 60.7 Å². The molecule has 1 fully saturated rings. The highest BCUT2D eigenvalue weighted by molar-refractivity contribution is 6.23. The van der Waals surface area contributed by atoms with Gasteiger partial charge in [-0.05, 0) is 44.0 Å². The monoisotopic (exact) mass is 400 g/mol. The summed E-state index contributed by atoms with van der Waals surface area (Å²) in [6, 6.07) is 4.16. The number of imide groups is 2. The summed E-state index contributed by atoms with van der Waals surface area (Å²) in [5.74, 6) is -1.75. The molecule has 1 aromatic rings. The molecule has 1 aromatic carbocycles. The molecule has 0 radical (unpaired) electrons. The normalized spacial score (nSPS) is 19.2. The molecule has 2 aliphatic heterocycles. The van der Waals surface area contributed by atoms with Crippen LogP contribution in [0.25, 0.3) is 0 Å². The van der Waals surface area contributed by atoms with Crippen molar-refractivity contribution in [1.29, 1.82) is 0 Å². The number of hydrogen-bond donors (Lipinski definition) is 2. The first-order valence-corrected chi connectivity index (χ1v) is 10.2. The first-order valence-electron chi connectivity index (χ1n) is 10.2. The summed E-state index contributed by atoms with van der Waals surface area (Å²) < 4.78 is 0. The van der Waals surface area contributed by atoms with E-state index in [2.05, 4.69) is 5.32 Å². The van der Waals surface area contributed by atoms with Crippen LogP contribution in [0.1, 0.15) is 65.7 Å². The third kappa shape index (κ3) is 4.32. The maximum absolute atomic E-state index is 12.9. The first kappa shape index (κ1) is 21.0. The second-order valence-corrected chi connectivity index (χ2v) is 7.57. The van der Waals surface area contributed by atoms with Gasteiger partial charge < -0.3 is 11.1 Å². The Morgan fingerprint density at radius 1 is 1.00 bits per heavy atom. The largest absolute Gasteiger partial charge is 0.385 e. The van der Waals surface area contributed by atoms with Gasteiger partial charge in [-0.2, -0.15) is 0 Å². The third-order valence-corrected chi connectivity index (χ3v) is 5.56. The molecule has 0 aliphatic carbocycles. The summed E-state index contributed by atoms with van der Waals surface area (Å²) in [5, 5.41) is 3.29. The highest BCUT2D eigenvalue weighted by Gasteiger charge is 2.46. The SMILES string of the molecule is CN1C(=O)CCC(N2C(=O)c3ccc(NCCCCCCCN)cc3C2=O)C1=O. The molecular formula is C21H28N4O4. The van der Waals surface area contributed by atoms with Crippen molar-refractivity contribution in [3.05, 3.63) is 29.3 Å². The minimum atomic E-state index is -0.921. The predicted molar refractivity (Wildman–Crippen MR) is 108 cm³/mol. The van der Waals surface area contributed by atoms with Crippen molar-refractivity contribution in [3.8, 4) is 0 Å². The average molecular weight is 400 g/mol. The number of likely N-dealkylation sites (tertiary alicyclic amines) is 1. The van der Waals surface area contributed by atoms with Crippen LogP contribution in [0, 0.1) is 0 Å². The number of benzene rings is 1. The lowest BCUT2D eigenvalue weighted by Crippen LogP contribution is -2.54. The lowest BCUT2D eigenvalue weighted by atomic mass is 10.0. The summed E-state index contributed by atoms with van der Waals surface area (Å²) in [6.07, 6.45) is 5.77. The minimum absolute atomic E-state index is 0.137. The smallest absolute Gasteiger partial charge is 0.262 e. The van der Waals surface area contributed by atoms with Crippen molar-refractivity contribution in [2.45, 2.75) is 51.0 Å². The van der Waals surface area contributed by atoms with E-state index in [1.807, 2.05) is 0 Å². The van der Waals surface area contributed by atoms with E-state index in [0.29, 0.717) is 11.1 Å². The zero-order chi connectivity index (χ0) is 21.0. The fraction of sp³-hybridized carbons (Fsp3) is 0.524. The van der Waals surface area contributed by atoms with E-state index >= 15 is 0 Å². The molecule has 29 heavy (non-hydrogen) atoms. The van der Waals surface area contributed by atoms with Crippen LogP contribution in [0.15, 0.2) is 18.2 Å². The van der Waals surface area contributed by atoms with Crippen molar-refractivity contribution in [1.82, 2.24) is 9.80 Å².